The summed E-state index contributed by atoms with van der Waals surface area (Å²) in [5, 5.41) is 7.47. The largest absolute Gasteiger partial charge is 0.453 e. The minimum Gasteiger partial charge on any atom is -0.361 e. The van der Waals surface area contributed by atoms with E-state index in [0.717, 1.165) is 14.4 Å². The summed E-state index contributed by atoms with van der Waals surface area (Å²) in [4.78, 5) is 12.8. The van der Waals surface area contributed by atoms with E-state index in [4.69, 9.17) is 0 Å². The van der Waals surface area contributed by atoms with Gasteiger partial charge in [-0.15, -0.1) is 16.4 Å². The molecule has 0 fully saturated rings. The van der Waals surface area contributed by atoms with Crippen LogP contribution in [0.15, 0.2) is 12.3 Å². The van der Waals surface area contributed by atoms with E-state index in [1.54, 1.807) is 19.2 Å². The number of nitrogens with one attached hydrogen (secondary N) is 1. The van der Waals surface area contributed by atoms with Gasteiger partial charge in [0.1, 0.15) is 10.8 Å². The Morgan fingerprint density at radius 1 is 1.26 bits per heavy atom. The van der Waals surface area contributed by atoms with Crippen LogP contribution in [0.5, 0.6) is 0 Å². The van der Waals surface area contributed by atoms with Crippen LogP contribution in [0.1, 0.15) is 34.4 Å². The van der Waals surface area contributed by atoms with Gasteiger partial charge in [0.15, 0.2) is 0 Å². The van der Waals surface area contributed by atoms with Crippen LogP contribution in [-0.4, -0.2) is 24.6 Å². The number of nitrogens with zero attached hydrogens (tertiary/aromatic N) is 5. The predicted octanol–water partition coefficient (Wildman–Crippen LogP) is 3.39. The maximum Gasteiger partial charge on any atom is 0.453 e. The molecule has 0 aliphatic heterocycles. The van der Waals surface area contributed by atoms with Gasteiger partial charge in [-0.25, -0.2) is 9.97 Å². The van der Waals surface area contributed by atoms with Crippen molar-refractivity contribution in [3.63, 3.8) is 0 Å². The Balaban J connectivity index is 2.01. The van der Waals surface area contributed by atoms with Crippen LogP contribution in [-0.2, 0) is 6.18 Å². The number of thiazole rings is 1. The van der Waals surface area contributed by atoms with Gasteiger partial charge in [-0.05, 0) is 20.8 Å². The lowest BCUT2D eigenvalue weighted by Crippen LogP contribution is -2.12. The molecule has 1 unspecified atom stereocenters. The summed E-state index contributed by atoms with van der Waals surface area (Å²) in [5.41, 5.74) is 0.545. The molecule has 1 atom stereocenters. The van der Waals surface area contributed by atoms with E-state index >= 15 is 0 Å². The van der Waals surface area contributed by atoms with E-state index < -0.39 is 12.0 Å². The minimum absolute atomic E-state index is 0.0951. The van der Waals surface area contributed by atoms with Gasteiger partial charge < -0.3 is 5.32 Å². The summed E-state index contributed by atoms with van der Waals surface area (Å²) in [6, 6.07) is 1.44. The Kier molecular flexibility index (Phi) is 3.71. The second-order valence-corrected chi connectivity index (χ2v) is 6.37. The second-order valence-electron chi connectivity index (χ2n) is 5.10. The molecular weight excluding hydrogens is 329 g/mol. The summed E-state index contributed by atoms with van der Waals surface area (Å²) in [6.45, 7) is 5.50. The minimum atomic E-state index is -4.61. The van der Waals surface area contributed by atoms with Crippen LogP contribution < -0.4 is 5.32 Å². The van der Waals surface area contributed by atoms with Crippen LogP contribution in [0.25, 0.3) is 5.78 Å². The van der Waals surface area contributed by atoms with Gasteiger partial charge in [-0.2, -0.15) is 22.7 Å². The zero-order chi connectivity index (χ0) is 16.8. The molecule has 6 nitrogen and oxygen atoms in total. The van der Waals surface area contributed by atoms with Crippen molar-refractivity contribution >= 4 is 22.9 Å². The first kappa shape index (κ1) is 15.7. The van der Waals surface area contributed by atoms with Gasteiger partial charge in [0.2, 0.25) is 0 Å². The number of aromatic nitrogens is 5. The fraction of sp³-hybridized carbons (Fsp3) is 0.385. The summed E-state index contributed by atoms with van der Waals surface area (Å²) >= 11 is 1.52. The summed E-state index contributed by atoms with van der Waals surface area (Å²) < 4.78 is 39.4. The van der Waals surface area contributed by atoms with E-state index in [-0.39, 0.29) is 11.8 Å². The molecule has 3 heterocycles. The number of halogens is 3. The van der Waals surface area contributed by atoms with Gasteiger partial charge in [-0.3, -0.25) is 0 Å². The Bertz CT molecular complexity index is 853. The molecule has 122 valence electrons. The number of aryl methyl sites for hydroxylation is 2. The normalized spacial score (nSPS) is 13.5. The van der Waals surface area contributed by atoms with Crippen molar-refractivity contribution in [3.05, 3.63) is 33.7 Å². The number of hydrogen-bond acceptors (Lipinski definition) is 6. The predicted molar refractivity (Wildman–Crippen MR) is 79.4 cm³/mol. The average Bonchev–Trinajstić information content (AvgIpc) is 3.04. The maximum atomic E-state index is 12.8. The highest BCUT2D eigenvalue weighted by molar-refractivity contribution is 7.11. The third-order valence-electron chi connectivity index (χ3n) is 3.07. The first-order valence-electron chi connectivity index (χ1n) is 6.74. The van der Waals surface area contributed by atoms with E-state index in [1.165, 1.54) is 11.3 Å². The van der Waals surface area contributed by atoms with Crippen LogP contribution >= 0.6 is 11.3 Å². The lowest BCUT2D eigenvalue weighted by Gasteiger charge is -2.13. The Morgan fingerprint density at radius 3 is 2.61 bits per heavy atom. The molecule has 0 aliphatic carbocycles. The molecule has 0 bridgehead atoms. The van der Waals surface area contributed by atoms with Crippen molar-refractivity contribution in [1.82, 2.24) is 24.6 Å². The zero-order valence-corrected chi connectivity index (χ0v) is 13.3. The third-order valence-corrected chi connectivity index (χ3v) is 4.16. The zero-order valence-electron chi connectivity index (χ0n) is 12.5. The topological polar surface area (TPSA) is 68.0 Å². The first-order chi connectivity index (χ1) is 10.7. The standard InChI is InChI=1S/C13H13F3N6S/c1-6-4-9(19-8(3)10-17-5-7(2)23-10)22-12(18-6)20-11(21-22)13(14,15)16/h4-5,8,19H,1-3H3. The van der Waals surface area contributed by atoms with Gasteiger partial charge in [0.05, 0.1) is 6.04 Å². The molecule has 1 N–H and O–H groups in total. The van der Waals surface area contributed by atoms with E-state index in [2.05, 4.69) is 25.4 Å². The second kappa shape index (κ2) is 5.44. The van der Waals surface area contributed by atoms with E-state index in [1.807, 2.05) is 13.8 Å². The Morgan fingerprint density at radius 2 is 2.00 bits per heavy atom. The monoisotopic (exact) mass is 342 g/mol. The molecule has 3 aromatic heterocycles. The smallest absolute Gasteiger partial charge is 0.361 e. The molecule has 0 saturated carbocycles. The van der Waals surface area contributed by atoms with Crippen molar-refractivity contribution in [2.75, 3.05) is 5.32 Å². The average molecular weight is 342 g/mol. The molecule has 0 radical (unpaired) electrons. The molecule has 0 aromatic carbocycles. The number of fused-ring (bicyclic) bond motifs is 1. The highest BCUT2D eigenvalue weighted by Crippen LogP contribution is 2.28. The quantitative estimate of drug-likeness (QED) is 0.790. The molecule has 0 amide bonds. The summed E-state index contributed by atoms with van der Waals surface area (Å²) in [7, 11) is 0. The molecule has 0 aliphatic rings. The van der Waals surface area contributed by atoms with Crippen LogP contribution in [0, 0.1) is 13.8 Å². The molecule has 0 saturated heterocycles. The maximum absolute atomic E-state index is 12.8. The van der Waals surface area contributed by atoms with Crippen LogP contribution in [0.3, 0.4) is 0 Å². The Hall–Kier alpha value is -2.23. The molecule has 10 heteroatoms. The van der Waals surface area contributed by atoms with Crippen molar-refractivity contribution in [1.29, 1.82) is 0 Å². The van der Waals surface area contributed by atoms with Gasteiger partial charge in [0, 0.05) is 22.8 Å². The molecule has 3 rings (SSSR count). The fourth-order valence-corrected chi connectivity index (χ4v) is 2.84. The molecule has 3 aromatic rings. The summed E-state index contributed by atoms with van der Waals surface area (Å²) in [6.07, 6.45) is -2.86. The highest BCUT2D eigenvalue weighted by Gasteiger charge is 2.36. The highest BCUT2D eigenvalue weighted by atomic mass is 32.1. The number of alkyl halides is 3. The fourth-order valence-electron chi connectivity index (χ4n) is 2.07. The van der Waals surface area contributed by atoms with Crippen LogP contribution in [0.4, 0.5) is 19.0 Å². The number of hydrogen-bond donors (Lipinski definition) is 1. The Labute approximate surface area is 133 Å². The van der Waals surface area contributed by atoms with Gasteiger partial charge in [-0.1, -0.05) is 0 Å². The van der Waals surface area contributed by atoms with Gasteiger partial charge in [0.25, 0.3) is 11.6 Å². The van der Waals surface area contributed by atoms with E-state index in [9.17, 15) is 13.2 Å². The third kappa shape index (κ3) is 3.11. The van der Waals surface area contributed by atoms with E-state index in [0.29, 0.717) is 11.5 Å². The first-order valence-corrected chi connectivity index (χ1v) is 7.56. The van der Waals surface area contributed by atoms with Crippen molar-refractivity contribution < 1.29 is 13.2 Å². The number of rotatable bonds is 3. The van der Waals surface area contributed by atoms with Crippen molar-refractivity contribution in [2.45, 2.75) is 33.0 Å². The lowest BCUT2D eigenvalue weighted by molar-refractivity contribution is -0.144. The SMILES string of the molecule is Cc1cc(NC(C)c2ncc(C)s2)n2nc(C(F)(F)F)nc2n1. The van der Waals surface area contributed by atoms with Crippen LogP contribution in [0.2, 0.25) is 0 Å². The number of anilines is 1. The molecule has 23 heavy (non-hydrogen) atoms. The molecule has 0 spiro atoms. The van der Waals surface area contributed by atoms with Crippen molar-refractivity contribution in [3.8, 4) is 0 Å². The lowest BCUT2D eigenvalue weighted by atomic mass is 10.3. The summed E-state index contributed by atoms with van der Waals surface area (Å²) in [5.74, 6) is -0.922. The molecular formula is C13H13F3N6S. The van der Waals surface area contributed by atoms with Gasteiger partial charge >= 0.3 is 6.18 Å². The van der Waals surface area contributed by atoms with Crippen molar-refractivity contribution in [2.24, 2.45) is 0 Å².